The molecule has 0 heterocycles. The van der Waals surface area contributed by atoms with E-state index in [1.54, 1.807) is 12.1 Å². The van der Waals surface area contributed by atoms with E-state index in [9.17, 15) is 13.2 Å². The largest absolute Gasteiger partial charge is 0.416 e. The van der Waals surface area contributed by atoms with Crippen LogP contribution in [-0.4, -0.2) is 6.04 Å². The number of nitrogens with two attached hydrogens (primary N) is 1. The molecule has 0 aromatic heterocycles. The zero-order chi connectivity index (χ0) is 16.9. The van der Waals surface area contributed by atoms with Crippen molar-refractivity contribution in [3.05, 3.63) is 64.7 Å². The summed E-state index contributed by atoms with van der Waals surface area (Å²) >= 11 is 0. The van der Waals surface area contributed by atoms with Crippen molar-refractivity contribution in [3.63, 3.8) is 0 Å². The van der Waals surface area contributed by atoms with Crippen molar-refractivity contribution >= 4 is 5.57 Å². The van der Waals surface area contributed by atoms with E-state index in [4.69, 9.17) is 5.73 Å². The summed E-state index contributed by atoms with van der Waals surface area (Å²) < 4.78 is 38.1. The Morgan fingerprint density at radius 3 is 2.38 bits per heavy atom. The van der Waals surface area contributed by atoms with Crippen LogP contribution >= 0.6 is 0 Å². The van der Waals surface area contributed by atoms with Crippen LogP contribution < -0.4 is 5.73 Å². The summed E-state index contributed by atoms with van der Waals surface area (Å²) in [6, 6.07) is 11.7. The molecular weight excluding hydrogens is 311 g/mol. The van der Waals surface area contributed by atoms with Crippen molar-refractivity contribution in [1.82, 2.24) is 0 Å². The molecule has 124 valence electrons. The predicted molar refractivity (Wildman–Crippen MR) is 89.3 cm³/mol. The van der Waals surface area contributed by atoms with E-state index in [0.717, 1.165) is 48.9 Å². The minimum Gasteiger partial charge on any atom is -0.324 e. The van der Waals surface area contributed by atoms with Crippen LogP contribution in [0, 0.1) is 0 Å². The van der Waals surface area contributed by atoms with Crippen LogP contribution in [0.1, 0.15) is 36.0 Å². The summed E-state index contributed by atoms with van der Waals surface area (Å²) in [6.45, 7) is 0. The highest BCUT2D eigenvalue weighted by Crippen LogP contribution is 2.42. The first kappa shape index (κ1) is 15.5. The Kier molecular flexibility index (Phi) is 3.53. The van der Waals surface area contributed by atoms with Crippen molar-refractivity contribution in [1.29, 1.82) is 0 Å². The van der Waals surface area contributed by atoms with Gasteiger partial charge < -0.3 is 5.73 Å². The van der Waals surface area contributed by atoms with E-state index in [2.05, 4.69) is 12.1 Å². The first-order valence-corrected chi connectivity index (χ1v) is 8.22. The van der Waals surface area contributed by atoms with Gasteiger partial charge in [0.25, 0.3) is 0 Å². The maximum atomic E-state index is 12.7. The summed E-state index contributed by atoms with van der Waals surface area (Å²) in [5.41, 5.74) is 12.6. The van der Waals surface area contributed by atoms with Gasteiger partial charge in [0.2, 0.25) is 0 Å². The Balaban J connectivity index is 1.71. The van der Waals surface area contributed by atoms with Gasteiger partial charge in [-0.05, 0) is 77.3 Å². The maximum absolute atomic E-state index is 12.7. The van der Waals surface area contributed by atoms with Gasteiger partial charge in [-0.25, -0.2) is 0 Å². The molecular formula is C20H18F3N. The maximum Gasteiger partial charge on any atom is 0.416 e. The highest BCUT2D eigenvalue weighted by Gasteiger charge is 2.30. The van der Waals surface area contributed by atoms with E-state index < -0.39 is 11.7 Å². The highest BCUT2D eigenvalue weighted by atomic mass is 19.4. The first-order valence-electron chi connectivity index (χ1n) is 8.22. The molecule has 1 atom stereocenters. The van der Waals surface area contributed by atoms with E-state index in [0.29, 0.717) is 0 Å². The van der Waals surface area contributed by atoms with Crippen LogP contribution in [-0.2, 0) is 12.6 Å². The van der Waals surface area contributed by atoms with Crippen LogP contribution in [0.3, 0.4) is 0 Å². The van der Waals surface area contributed by atoms with Gasteiger partial charge in [0.15, 0.2) is 0 Å². The van der Waals surface area contributed by atoms with Gasteiger partial charge >= 0.3 is 6.18 Å². The molecule has 2 aliphatic carbocycles. The Labute approximate surface area is 139 Å². The number of halogens is 3. The van der Waals surface area contributed by atoms with E-state index >= 15 is 0 Å². The standard InChI is InChI=1S/C20H18F3N/c21-20(22,23)15-8-6-12(7-9-15)13-4-5-14-11-18-16(17(14)10-13)2-1-3-19(18)24/h4-10,19H,1-3,11,24H2. The fraction of sp³-hybridized carbons (Fsp3) is 0.300. The van der Waals surface area contributed by atoms with Crippen LogP contribution in [0.25, 0.3) is 16.7 Å². The molecule has 0 spiro atoms. The molecule has 24 heavy (non-hydrogen) atoms. The molecule has 4 rings (SSSR count). The number of benzene rings is 2. The summed E-state index contributed by atoms with van der Waals surface area (Å²) in [5, 5.41) is 0. The SMILES string of the molecule is NC1CCCC2=C1Cc1ccc(-c3ccc(C(F)(F)F)cc3)cc12. The molecule has 2 aliphatic rings. The Bertz CT molecular complexity index is 816. The molecule has 0 bridgehead atoms. The smallest absolute Gasteiger partial charge is 0.324 e. The minimum atomic E-state index is -4.30. The normalized spacial score (nSPS) is 20.1. The van der Waals surface area contributed by atoms with E-state index in [-0.39, 0.29) is 6.04 Å². The number of allylic oxidation sites excluding steroid dienone is 1. The van der Waals surface area contributed by atoms with Gasteiger partial charge in [-0.1, -0.05) is 24.3 Å². The Hall–Kier alpha value is -2.07. The van der Waals surface area contributed by atoms with E-state index in [1.165, 1.54) is 22.3 Å². The average molecular weight is 329 g/mol. The average Bonchev–Trinajstić information content (AvgIpc) is 2.94. The number of hydrogen-bond acceptors (Lipinski definition) is 1. The van der Waals surface area contributed by atoms with Crippen molar-refractivity contribution in [3.8, 4) is 11.1 Å². The van der Waals surface area contributed by atoms with Crippen molar-refractivity contribution in [2.24, 2.45) is 5.73 Å². The molecule has 2 N–H and O–H groups in total. The second kappa shape index (κ2) is 5.49. The summed E-state index contributed by atoms with van der Waals surface area (Å²) in [7, 11) is 0. The van der Waals surface area contributed by atoms with Crippen molar-refractivity contribution in [2.75, 3.05) is 0 Å². The number of hydrogen-bond donors (Lipinski definition) is 1. The van der Waals surface area contributed by atoms with E-state index in [1.807, 2.05) is 6.07 Å². The molecule has 1 unspecified atom stereocenters. The fourth-order valence-electron chi connectivity index (χ4n) is 3.85. The predicted octanol–water partition coefficient (Wildman–Crippen LogP) is 5.19. The van der Waals surface area contributed by atoms with Crippen molar-refractivity contribution < 1.29 is 13.2 Å². The van der Waals surface area contributed by atoms with Gasteiger partial charge in [-0.15, -0.1) is 0 Å². The lowest BCUT2D eigenvalue weighted by Gasteiger charge is -2.21. The van der Waals surface area contributed by atoms with Gasteiger partial charge in [0.05, 0.1) is 5.56 Å². The molecule has 0 saturated carbocycles. The first-order chi connectivity index (χ1) is 11.4. The molecule has 1 nitrogen and oxygen atoms in total. The lowest BCUT2D eigenvalue weighted by atomic mass is 9.88. The third kappa shape index (κ3) is 2.55. The summed E-state index contributed by atoms with van der Waals surface area (Å²) in [5.74, 6) is 0. The highest BCUT2D eigenvalue weighted by molar-refractivity contribution is 5.81. The fourth-order valence-corrected chi connectivity index (χ4v) is 3.85. The van der Waals surface area contributed by atoms with Gasteiger partial charge in [0, 0.05) is 6.04 Å². The monoisotopic (exact) mass is 329 g/mol. The Morgan fingerprint density at radius 2 is 1.67 bits per heavy atom. The third-order valence-electron chi connectivity index (χ3n) is 5.14. The van der Waals surface area contributed by atoms with Crippen LogP contribution in [0.4, 0.5) is 13.2 Å². The van der Waals surface area contributed by atoms with Crippen molar-refractivity contribution in [2.45, 2.75) is 37.9 Å². The minimum absolute atomic E-state index is 0.149. The number of alkyl halides is 3. The third-order valence-corrected chi connectivity index (χ3v) is 5.14. The van der Waals surface area contributed by atoms with Gasteiger partial charge in [-0.3, -0.25) is 0 Å². The van der Waals surface area contributed by atoms with Crippen LogP contribution in [0.2, 0.25) is 0 Å². The molecule has 0 fully saturated rings. The molecule has 0 radical (unpaired) electrons. The Morgan fingerprint density at radius 1 is 0.958 bits per heavy atom. The molecule has 2 aromatic carbocycles. The number of fused-ring (bicyclic) bond motifs is 2. The van der Waals surface area contributed by atoms with Gasteiger partial charge in [0.1, 0.15) is 0 Å². The topological polar surface area (TPSA) is 26.0 Å². The molecule has 0 aliphatic heterocycles. The second-order valence-electron chi connectivity index (χ2n) is 6.63. The molecule has 4 heteroatoms. The second-order valence-corrected chi connectivity index (χ2v) is 6.63. The molecule has 2 aromatic rings. The summed E-state index contributed by atoms with van der Waals surface area (Å²) in [6.07, 6.45) is -0.192. The number of rotatable bonds is 1. The molecule has 0 amide bonds. The molecule has 0 saturated heterocycles. The van der Waals surface area contributed by atoms with Crippen LogP contribution in [0.5, 0.6) is 0 Å². The van der Waals surface area contributed by atoms with Crippen LogP contribution in [0.15, 0.2) is 48.0 Å². The lowest BCUT2D eigenvalue weighted by Crippen LogP contribution is -2.25. The lowest BCUT2D eigenvalue weighted by molar-refractivity contribution is -0.137. The zero-order valence-corrected chi connectivity index (χ0v) is 13.2. The summed E-state index contributed by atoms with van der Waals surface area (Å²) in [4.78, 5) is 0. The zero-order valence-electron chi connectivity index (χ0n) is 13.2. The van der Waals surface area contributed by atoms with Gasteiger partial charge in [-0.2, -0.15) is 13.2 Å². The quantitative estimate of drug-likeness (QED) is 0.765.